The number of H-pyrrole nitrogens is 1. The molecule has 7 nitrogen and oxygen atoms in total. The number of hydrogen-bond acceptors (Lipinski definition) is 7. The number of carbonyl (C=O) groups excluding carboxylic acids is 1. The maximum absolute atomic E-state index is 11.2. The summed E-state index contributed by atoms with van der Waals surface area (Å²) in [6, 6.07) is 0. The number of aryl methyl sites for hydroxylation is 1. The van der Waals surface area contributed by atoms with Gasteiger partial charge in [-0.05, 0) is 13.8 Å². The molecule has 0 aliphatic carbocycles. The molecule has 0 fully saturated rings. The molecule has 2 aromatic rings. The third-order valence-corrected chi connectivity index (χ3v) is 3.25. The van der Waals surface area contributed by atoms with E-state index in [0.717, 1.165) is 10.9 Å². The molecule has 2 aromatic heterocycles. The van der Waals surface area contributed by atoms with Crippen molar-refractivity contribution in [1.82, 2.24) is 25.1 Å². The summed E-state index contributed by atoms with van der Waals surface area (Å²) in [5.41, 5.74) is 1.24. The second-order valence-corrected chi connectivity index (χ2v) is 4.90. The van der Waals surface area contributed by atoms with E-state index < -0.39 is 0 Å². The van der Waals surface area contributed by atoms with Crippen LogP contribution in [0, 0.1) is 6.92 Å². The van der Waals surface area contributed by atoms with Crippen LogP contribution in [-0.4, -0.2) is 43.2 Å². The van der Waals surface area contributed by atoms with Crippen molar-refractivity contribution in [3.05, 3.63) is 23.8 Å². The molecule has 0 aliphatic heterocycles. The Kier molecular flexibility index (Phi) is 4.45. The summed E-state index contributed by atoms with van der Waals surface area (Å²) in [5.74, 6) is 1.32. The first-order chi connectivity index (χ1) is 9.16. The summed E-state index contributed by atoms with van der Waals surface area (Å²) in [6.45, 7) is 4.00. The van der Waals surface area contributed by atoms with Crippen LogP contribution in [0.15, 0.2) is 17.7 Å². The second-order valence-electron chi connectivity index (χ2n) is 3.81. The first kappa shape index (κ1) is 13.5. The average molecular weight is 278 g/mol. The van der Waals surface area contributed by atoms with Crippen molar-refractivity contribution in [2.75, 3.05) is 17.6 Å². The second kappa shape index (κ2) is 6.28. The van der Waals surface area contributed by atoms with Gasteiger partial charge in [-0.2, -0.15) is 5.10 Å². The van der Waals surface area contributed by atoms with Crippen LogP contribution in [0.1, 0.15) is 23.0 Å². The molecule has 0 atom stereocenters. The summed E-state index contributed by atoms with van der Waals surface area (Å²) in [6.07, 6.45) is 3.03. The van der Waals surface area contributed by atoms with Gasteiger partial charge in [0.25, 0.3) is 0 Å². The molecule has 0 aliphatic rings. The minimum atomic E-state index is -0.0232. The normalized spacial score (nSPS) is 10.4. The average Bonchev–Trinajstić information content (AvgIpc) is 2.87. The Morgan fingerprint density at radius 3 is 2.95 bits per heavy atom. The van der Waals surface area contributed by atoms with E-state index in [-0.39, 0.29) is 5.78 Å². The molecular weight excluding hydrogens is 264 g/mol. The lowest BCUT2D eigenvalue weighted by atomic mass is 10.2. The van der Waals surface area contributed by atoms with Gasteiger partial charge < -0.3 is 5.32 Å². The standard InChI is InChI=1S/C11H14N6OS/c1-7-9(8(2)18)5-13-10(16-7)12-3-4-19-11-14-6-15-17-11/h5-6H,3-4H2,1-2H3,(H,12,13,16)(H,14,15,17). The highest BCUT2D eigenvalue weighted by atomic mass is 32.2. The van der Waals surface area contributed by atoms with Crippen molar-refractivity contribution >= 4 is 23.5 Å². The van der Waals surface area contributed by atoms with Gasteiger partial charge in [-0.15, -0.1) is 0 Å². The quantitative estimate of drug-likeness (QED) is 0.467. The first-order valence-electron chi connectivity index (χ1n) is 5.73. The van der Waals surface area contributed by atoms with Crippen molar-refractivity contribution in [3.63, 3.8) is 0 Å². The lowest BCUT2D eigenvalue weighted by molar-refractivity contribution is 0.101. The zero-order chi connectivity index (χ0) is 13.7. The maximum Gasteiger partial charge on any atom is 0.222 e. The highest BCUT2D eigenvalue weighted by Crippen LogP contribution is 2.11. The molecule has 0 unspecified atom stereocenters. The van der Waals surface area contributed by atoms with Gasteiger partial charge in [0.2, 0.25) is 5.95 Å². The number of aromatic nitrogens is 5. The molecule has 0 aromatic carbocycles. The SMILES string of the molecule is CC(=O)c1cnc(NCCSc2ncn[nH]2)nc1C. The van der Waals surface area contributed by atoms with E-state index >= 15 is 0 Å². The van der Waals surface area contributed by atoms with Crippen molar-refractivity contribution in [1.29, 1.82) is 0 Å². The molecule has 0 saturated carbocycles. The fraction of sp³-hybridized carbons (Fsp3) is 0.364. The molecule has 19 heavy (non-hydrogen) atoms. The third kappa shape index (κ3) is 3.75. The molecule has 0 bridgehead atoms. The van der Waals surface area contributed by atoms with E-state index in [1.807, 2.05) is 0 Å². The van der Waals surface area contributed by atoms with Crippen molar-refractivity contribution in [3.8, 4) is 0 Å². The molecule has 0 saturated heterocycles. The van der Waals surface area contributed by atoms with Crippen molar-refractivity contribution in [2.45, 2.75) is 19.0 Å². The monoisotopic (exact) mass is 278 g/mol. The summed E-state index contributed by atoms with van der Waals surface area (Å²) in [5, 5.41) is 10.4. The lowest BCUT2D eigenvalue weighted by Crippen LogP contribution is -2.10. The number of hydrogen-bond donors (Lipinski definition) is 2. The minimum Gasteiger partial charge on any atom is -0.353 e. The minimum absolute atomic E-state index is 0.0232. The van der Waals surface area contributed by atoms with Crippen LogP contribution < -0.4 is 5.32 Å². The largest absolute Gasteiger partial charge is 0.353 e. The van der Waals surface area contributed by atoms with Gasteiger partial charge in [0.05, 0.1) is 11.3 Å². The summed E-state index contributed by atoms with van der Waals surface area (Å²) >= 11 is 1.56. The van der Waals surface area contributed by atoms with Gasteiger partial charge in [0.15, 0.2) is 10.9 Å². The summed E-state index contributed by atoms with van der Waals surface area (Å²) in [4.78, 5) is 23.6. The first-order valence-corrected chi connectivity index (χ1v) is 6.72. The van der Waals surface area contributed by atoms with Crippen LogP contribution >= 0.6 is 11.8 Å². The van der Waals surface area contributed by atoms with E-state index in [2.05, 4.69) is 30.5 Å². The van der Waals surface area contributed by atoms with E-state index in [4.69, 9.17) is 0 Å². The van der Waals surface area contributed by atoms with Gasteiger partial charge in [-0.1, -0.05) is 11.8 Å². The van der Waals surface area contributed by atoms with E-state index in [1.165, 1.54) is 13.3 Å². The van der Waals surface area contributed by atoms with E-state index in [0.29, 0.717) is 23.8 Å². The smallest absolute Gasteiger partial charge is 0.222 e. The van der Waals surface area contributed by atoms with Gasteiger partial charge in [0, 0.05) is 18.5 Å². The van der Waals surface area contributed by atoms with E-state index in [9.17, 15) is 4.79 Å². The molecule has 0 amide bonds. The topological polar surface area (TPSA) is 96.5 Å². The zero-order valence-electron chi connectivity index (χ0n) is 10.7. The number of aromatic amines is 1. The number of Topliss-reactive ketones (excluding diaryl/α,β-unsaturated/α-hetero) is 1. The Bertz CT molecular complexity index is 556. The molecular formula is C11H14N6OS. The van der Waals surface area contributed by atoms with Crippen LogP contribution in [0.2, 0.25) is 0 Å². The predicted molar refractivity (Wildman–Crippen MR) is 72.4 cm³/mol. The number of nitrogens with zero attached hydrogens (tertiary/aromatic N) is 4. The number of ketones is 1. The zero-order valence-corrected chi connectivity index (χ0v) is 11.5. The van der Waals surface area contributed by atoms with Crippen molar-refractivity contribution in [2.24, 2.45) is 0 Å². The summed E-state index contributed by atoms with van der Waals surface area (Å²) < 4.78 is 0. The highest BCUT2D eigenvalue weighted by Gasteiger charge is 2.06. The molecule has 8 heteroatoms. The third-order valence-electron chi connectivity index (χ3n) is 2.38. The molecule has 2 rings (SSSR count). The molecule has 0 radical (unpaired) electrons. The Morgan fingerprint density at radius 2 is 2.32 bits per heavy atom. The number of nitrogens with one attached hydrogen (secondary N) is 2. The molecule has 100 valence electrons. The fourth-order valence-corrected chi connectivity index (χ4v) is 2.11. The fourth-order valence-electron chi connectivity index (χ4n) is 1.47. The van der Waals surface area contributed by atoms with Gasteiger partial charge in [-0.25, -0.2) is 15.0 Å². The van der Waals surface area contributed by atoms with Gasteiger partial charge in [0.1, 0.15) is 6.33 Å². The predicted octanol–water partition coefficient (Wildman–Crippen LogP) is 1.31. The Morgan fingerprint density at radius 1 is 1.47 bits per heavy atom. The van der Waals surface area contributed by atoms with Crippen molar-refractivity contribution < 1.29 is 4.79 Å². The summed E-state index contributed by atoms with van der Waals surface area (Å²) in [7, 11) is 0. The van der Waals surface area contributed by atoms with Gasteiger partial charge >= 0.3 is 0 Å². The van der Waals surface area contributed by atoms with Crippen LogP contribution in [0.5, 0.6) is 0 Å². The highest BCUT2D eigenvalue weighted by molar-refractivity contribution is 7.99. The Balaban J connectivity index is 1.83. The van der Waals surface area contributed by atoms with Crippen LogP contribution in [0.25, 0.3) is 0 Å². The van der Waals surface area contributed by atoms with E-state index in [1.54, 1.807) is 24.9 Å². The maximum atomic E-state index is 11.2. The lowest BCUT2D eigenvalue weighted by Gasteiger charge is -2.06. The molecule has 2 N–H and O–H groups in total. The number of carbonyl (C=O) groups is 1. The molecule has 2 heterocycles. The van der Waals surface area contributed by atoms with Crippen LogP contribution in [-0.2, 0) is 0 Å². The van der Waals surface area contributed by atoms with Gasteiger partial charge in [-0.3, -0.25) is 9.89 Å². The van der Waals surface area contributed by atoms with Crippen LogP contribution in [0.4, 0.5) is 5.95 Å². The number of anilines is 1. The Labute approximate surface area is 114 Å². The molecule has 0 spiro atoms. The van der Waals surface area contributed by atoms with Crippen LogP contribution in [0.3, 0.4) is 0 Å². The number of thioether (sulfide) groups is 1. The number of rotatable bonds is 6. The Hall–Kier alpha value is -1.96.